The van der Waals surface area contributed by atoms with Gasteiger partial charge in [0.1, 0.15) is 5.38 Å². The number of alkyl halides is 1. The number of hydrogen-bond acceptors (Lipinski definition) is 2. The number of carbonyl (C=O) groups is 2. The van der Waals surface area contributed by atoms with Gasteiger partial charge < -0.3 is 5.32 Å². The molecule has 0 aromatic heterocycles. The Morgan fingerprint density at radius 1 is 1.24 bits per heavy atom. The largest absolute Gasteiger partial charge is 0.325 e. The molecule has 1 aromatic rings. The molecule has 0 saturated heterocycles. The van der Waals surface area contributed by atoms with Crippen LogP contribution in [0.3, 0.4) is 0 Å². The molecular formula is C10H9Cl3N2O2. The van der Waals surface area contributed by atoms with Crippen LogP contribution in [0.2, 0.25) is 10.0 Å². The molecule has 1 atom stereocenters. The van der Waals surface area contributed by atoms with Gasteiger partial charge in [-0.2, -0.15) is 0 Å². The first kappa shape index (κ1) is 14.1. The van der Waals surface area contributed by atoms with Gasteiger partial charge in [-0.1, -0.05) is 23.2 Å². The molecule has 0 heterocycles. The van der Waals surface area contributed by atoms with E-state index < -0.39 is 17.3 Å². The minimum atomic E-state index is -0.783. The highest BCUT2D eigenvalue weighted by Gasteiger charge is 2.13. The Kier molecular flexibility index (Phi) is 5.05. The molecule has 1 unspecified atom stereocenters. The zero-order valence-corrected chi connectivity index (χ0v) is 11.0. The van der Waals surface area contributed by atoms with Crippen LogP contribution < -0.4 is 10.6 Å². The topological polar surface area (TPSA) is 58.2 Å². The first-order chi connectivity index (χ1) is 7.90. The molecule has 0 bridgehead atoms. The number of benzene rings is 1. The summed E-state index contributed by atoms with van der Waals surface area (Å²) < 4.78 is 0. The maximum atomic E-state index is 11.3. The number of hydrogen-bond donors (Lipinski definition) is 2. The summed E-state index contributed by atoms with van der Waals surface area (Å²) in [5.74, 6) is -0.579. The number of anilines is 1. The third-order valence-electron chi connectivity index (χ3n) is 1.78. The summed E-state index contributed by atoms with van der Waals surface area (Å²) >= 11 is 17.0. The van der Waals surface area contributed by atoms with E-state index in [-0.39, 0.29) is 0 Å². The Hall–Kier alpha value is -0.970. The molecule has 0 aliphatic rings. The van der Waals surface area contributed by atoms with E-state index >= 15 is 0 Å². The molecule has 1 rings (SSSR count). The van der Waals surface area contributed by atoms with E-state index in [0.29, 0.717) is 15.7 Å². The molecule has 4 nitrogen and oxygen atoms in total. The quantitative estimate of drug-likeness (QED) is 0.823. The Labute approximate surface area is 113 Å². The minimum Gasteiger partial charge on any atom is -0.308 e. The van der Waals surface area contributed by atoms with Gasteiger partial charge in [-0.3, -0.25) is 10.1 Å². The van der Waals surface area contributed by atoms with Crippen LogP contribution in [-0.4, -0.2) is 17.3 Å². The van der Waals surface area contributed by atoms with Crippen LogP contribution >= 0.6 is 34.8 Å². The van der Waals surface area contributed by atoms with Gasteiger partial charge in [0.2, 0.25) is 5.91 Å². The van der Waals surface area contributed by atoms with E-state index in [9.17, 15) is 9.59 Å². The highest BCUT2D eigenvalue weighted by atomic mass is 35.5. The summed E-state index contributed by atoms with van der Waals surface area (Å²) in [6.07, 6.45) is 0. The molecule has 0 saturated carbocycles. The predicted molar refractivity (Wildman–Crippen MR) is 68.9 cm³/mol. The molecular weight excluding hydrogens is 286 g/mol. The predicted octanol–water partition coefficient (Wildman–Crippen LogP) is 3.27. The van der Waals surface area contributed by atoms with Crippen LogP contribution in [-0.2, 0) is 4.79 Å². The van der Waals surface area contributed by atoms with Gasteiger partial charge in [-0.05, 0) is 25.1 Å². The maximum Gasteiger partial charge on any atom is 0.325 e. The molecule has 2 N–H and O–H groups in total. The first-order valence-corrected chi connectivity index (χ1v) is 5.80. The third-order valence-corrected chi connectivity index (χ3v) is 2.71. The van der Waals surface area contributed by atoms with Crippen molar-refractivity contribution in [1.82, 2.24) is 5.32 Å². The molecule has 0 aliphatic heterocycles. The zero-order valence-electron chi connectivity index (χ0n) is 8.76. The SMILES string of the molecule is CC(Cl)C(=O)NC(=O)Nc1ccc(Cl)c(Cl)c1. The Balaban J connectivity index is 2.62. The third kappa shape index (κ3) is 4.42. The van der Waals surface area contributed by atoms with Gasteiger partial charge in [0.05, 0.1) is 10.0 Å². The molecule has 0 radical (unpaired) electrons. The molecule has 92 valence electrons. The van der Waals surface area contributed by atoms with Crippen molar-refractivity contribution in [2.45, 2.75) is 12.3 Å². The Morgan fingerprint density at radius 3 is 2.41 bits per heavy atom. The van der Waals surface area contributed by atoms with Gasteiger partial charge in [-0.25, -0.2) is 4.79 Å². The van der Waals surface area contributed by atoms with E-state index in [4.69, 9.17) is 34.8 Å². The van der Waals surface area contributed by atoms with Crippen molar-refractivity contribution < 1.29 is 9.59 Å². The number of carbonyl (C=O) groups excluding carboxylic acids is 2. The summed E-state index contributed by atoms with van der Waals surface area (Å²) in [5.41, 5.74) is 0.423. The Bertz CT molecular complexity index is 449. The number of halogens is 3. The average molecular weight is 296 g/mol. The van der Waals surface area contributed by atoms with E-state index in [1.165, 1.54) is 19.1 Å². The highest BCUT2D eigenvalue weighted by Crippen LogP contribution is 2.24. The van der Waals surface area contributed by atoms with Crippen molar-refractivity contribution in [2.75, 3.05) is 5.32 Å². The van der Waals surface area contributed by atoms with Gasteiger partial charge in [0.15, 0.2) is 0 Å². The normalized spacial score (nSPS) is 11.8. The fourth-order valence-electron chi connectivity index (χ4n) is 0.948. The van der Waals surface area contributed by atoms with E-state index in [1.54, 1.807) is 6.07 Å². The number of urea groups is 1. The number of imide groups is 1. The van der Waals surface area contributed by atoms with Crippen molar-refractivity contribution in [2.24, 2.45) is 0 Å². The van der Waals surface area contributed by atoms with Gasteiger partial charge in [0, 0.05) is 5.69 Å². The van der Waals surface area contributed by atoms with Crippen molar-refractivity contribution in [3.63, 3.8) is 0 Å². The lowest BCUT2D eigenvalue weighted by Crippen LogP contribution is -2.38. The van der Waals surface area contributed by atoms with Gasteiger partial charge >= 0.3 is 6.03 Å². The molecule has 0 spiro atoms. The maximum absolute atomic E-state index is 11.3. The van der Waals surface area contributed by atoms with Crippen molar-refractivity contribution in [1.29, 1.82) is 0 Å². The second-order valence-electron chi connectivity index (χ2n) is 3.19. The lowest BCUT2D eigenvalue weighted by Gasteiger charge is -2.08. The van der Waals surface area contributed by atoms with Crippen LogP contribution in [0, 0.1) is 0 Å². The Morgan fingerprint density at radius 2 is 1.88 bits per heavy atom. The average Bonchev–Trinajstić information content (AvgIpc) is 2.23. The van der Waals surface area contributed by atoms with E-state index in [1.807, 2.05) is 0 Å². The summed E-state index contributed by atoms with van der Waals surface area (Å²) in [6.45, 7) is 1.46. The van der Waals surface area contributed by atoms with Gasteiger partial charge in [-0.15, -0.1) is 11.6 Å². The second kappa shape index (κ2) is 6.10. The smallest absolute Gasteiger partial charge is 0.308 e. The summed E-state index contributed by atoms with van der Waals surface area (Å²) in [5, 5.41) is 4.39. The highest BCUT2D eigenvalue weighted by molar-refractivity contribution is 6.42. The first-order valence-electron chi connectivity index (χ1n) is 4.61. The molecule has 0 fully saturated rings. The lowest BCUT2D eigenvalue weighted by molar-refractivity contribution is -0.119. The van der Waals surface area contributed by atoms with E-state index in [0.717, 1.165) is 0 Å². The van der Waals surface area contributed by atoms with Crippen molar-refractivity contribution in [3.8, 4) is 0 Å². The van der Waals surface area contributed by atoms with Crippen LogP contribution in [0.25, 0.3) is 0 Å². The lowest BCUT2D eigenvalue weighted by atomic mass is 10.3. The van der Waals surface area contributed by atoms with Crippen LogP contribution in [0.15, 0.2) is 18.2 Å². The van der Waals surface area contributed by atoms with E-state index in [2.05, 4.69) is 10.6 Å². The summed E-state index contributed by atoms with van der Waals surface area (Å²) in [7, 11) is 0. The fraction of sp³-hybridized carbons (Fsp3) is 0.200. The molecule has 0 aliphatic carbocycles. The molecule has 17 heavy (non-hydrogen) atoms. The molecule has 3 amide bonds. The summed E-state index contributed by atoms with van der Waals surface area (Å²) in [4.78, 5) is 22.5. The van der Waals surface area contributed by atoms with Crippen LogP contribution in [0.4, 0.5) is 10.5 Å². The van der Waals surface area contributed by atoms with Crippen LogP contribution in [0.5, 0.6) is 0 Å². The zero-order chi connectivity index (χ0) is 13.0. The fourth-order valence-corrected chi connectivity index (χ4v) is 1.30. The van der Waals surface area contributed by atoms with Gasteiger partial charge in [0.25, 0.3) is 0 Å². The number of amides is 3. The van der Waals surface area contributed by atoms with Crippen molar-refractivity contribution in [3.05, 3.63) is 28.2 Å². The minimum absolute atomic E-state index is 0.307. The summed E-state index contributed by atoms with van der Waals surface area (Å²) in [6, 6.07) is 3.88. The number of rotatable bonds is 2. The molecule has 7 heteroatoms. The van der Waals surface area contributed by atoms with Crippen molar-refractivity contribution >= 4 is 52.4 Å². The molecule has 1 aromatic carbocycles. The standard InChI is InChI=1S/C10H9Cl3N2O2/c1-5(11)9(16)15-10(17)14-6-2-3-7(12)8(13)4-6/h2-5H,1H3,(H2,14,15,16,17). The monoisotopic (exact) mass is 294 g/mol. The van der Waals surface area contributed by atoms with Crippen LogP contribution in [0.1, 0.15) is 6.92 Å². The second-order valence-corrected chi connectivity index (χ2v) is 4.66. The number of nitrogens with one attached hydrogen (secondary N) is 2.